The van der Waals surface area contributed by atoms with E-state index < -0.39 is 10.8 Å². The Hall–Kier alpha value is -2.59. The van der Waals surface area contributed by atoms with Crippen LogP contribution in [-0.4, -0.2) is 41.3 Å². The smallest absolute Gasteiger partial charge is 0.270 e. The first-order chi connectivity index (χ1) is 11.0. The summed E-state index contributed by atoms with van der Waals surface area (Å²) >= 11 is 1.22. The second-order valence-electron chi connectivity index (χ2n) is 4.49. The predicted octanol–water partition coefficient (Wildman–Crippen LogP) is 2.07. The van der Waals surface area contributed by atoms with Crippen LogP contribution in [0.15, 0.2) is 18.2 Å². The number of carbonyl (C=O) groups excluding carboxylic acids is 1. The van der Waals surface area contributed by atoms with Gasteiger partial charge in [0.05, 0.1) is 17.1 Å². The second kappa shape index (κ2) is 7.61. The lowest BCUT2D eigenvalue weighted by Gasteiger charge is -2.11. The van der Waals surface area contributed by atoms with Gasteiger partial charge in [0.2, 0.25) is 5.13 Å². The van der Waals surface area contributed by atoms with Crippen LogP contribution in [0, 0.1) is 17.0 Å². The SMILES string of the molecule is COCCNc1ccc([N+](=O)[O-])cc1C(=O)Nc1nnc(C)s1. The summed E-state index contributed by atoms with van der Waals surface area (Å²) in [5, 5.41) is 25.2. The van der Waals surface area contributed by atoms with Crippen molar-refractivity contribution in [2.24, 2.45) is 0 Å². The summed E-state index contributed by atoms with van der Waals surface area (Å²) in [7, 11) is 1.56. The summed E-state index contributed by atoms with van der Waals surface area (Å²) in [4.78, 5) is 22.8. The molecule has 9 nitrogen and oxygen atoms in total. The molecule has 1 heterocycles. The number of aromatic nitrogens is 2. The Labute approximate surface area is 135 Å². The number of non-ortho nitro benzene ring substituents is 1. The second-order valence-corrected chi connectivity index (χ2v) is 5.67. The molecule has 1 aromatic carbocycles. The molecule has 122 valence electrons. The highest BCUT2D eigenvalue weighted by Crippen LogP contribution is 2.24. The van der Waals surface area contributed by atoms with Crippen LogP contribution in [0.1, 0.15) is 15.4 Å². The number of nitrogens with one attached hydrogen (secondary N) is 2. The number of amides is 1. The minimum atomic E-state index is -0.551. The van der Waals surface area contributed by atoms with Crippen LogP contribution < -0.4 is 10.6 Å². The molecule has 1 aromatic heterocycles. The zero-order valence-corrected chi connectivity index (χ0v) is 13.3. The number of benzene rings is 1. The van der Waals surface area contributed by atoms with Gasteiger partial charge < -0.3 is 10.1 Å². The first-order valence-corrected chi connectivity index (χ1v) is 7.45. The molecule has 23 heavy (non-hydrogen) atoms. The number of nitro groups is 1. The van der Waals surface area contributed by atoms with Crippen LogP contribution in [0.4, 0.5) is 16.5 Å². The van der Waals surface area contributed by atoms with Gasteiger partial charge in [-0.05, 0) is 13.0 Å². The van der Waals surface area contributed by atoms with E-state index in [2.05, 4.69) is 20.8 Å². The number of ether oxygens (including phenoxy) is 1. The molecular weight excluding hydrogens is 322 g/mol. The topological polar surface area (TPSA) is 119 Å². The number of nitrogens with zero attached hydrogens (tertiary/aromatic N) is 3. The summed E-state index contributed by atoms with van der Waals surface area (Å²) in [5.74, 6) is -0.496. The van der Waals surface area contributed by atoms with Crippen LogP contribution in [0.3, 0.4) is 0 Å². The molecule has 1 amide bonds. The van der Waals surface area contributed by atoms with Crippen LogP contribution in [0.2, 0.25) is 0 Å². The van der Waals surface area contributed by atoms with E-state index in [-0.39, 0.29) is 11.3 Å². The van der Waals surface area contributed by atoms with E-state index in [1.165, 1.54) is 29.5 Å². The number of nitro benzene ring substituents is 1. The highest BCUT2D eigenvalue weighted by molar-refractivity contribution is 7.15. The average molecular weight is 337 g/mol. The molecule has 0 aliphatic heterocycles. The Morgan fingerprint density at radius 3 is 2.83 bits per heavy atom. The maximum atomic E-state index is 12.4. The van der Waals surface area contributed by atoms with E-state index in [4.69, 9.17) is 4.74 Å². The Kier molecular flexibility index (Phi) is 5.55. The molecule has 0 saturated heterocycles. The van der Waals surface area contributed by atoms with Crippen LogP contribution in [0.5, 0.6) is 0 Å². The van der Waals surface area contributed by atoms with Crippen molar-refractivity contribution in [1.29, 1.82) is 0 Å². The molecule has 10 heteroatoms. The summed E-state index contributed by atoms with van der Waals surface area (Å²) in [6, 6.07) is 4.05. The molecule has 2 N–H and O–H groups in total. The number of hydrogen-bond donors (Lipinski definition) is 2. The van der Waals surface area contributed by atoms with Crippen LogP contribution in [-0.2, 0) is 4.74 Å². The van der Waals surface area contributed by atoms with Gasteiger partial charge in [0.15, 0.2) is 0 Å². The third-order valence-electron chi connectivity index (χ3n) is 2.83. The molecule has 0 atom stereocenters. The van der Waals surface area contributed by atoms with Gasteiger partial charge in [-0.25, -0.2) is 0 Å². The highest BCUT2D eigenvalue weighted by Gasteiger charge is 2.18. The molecule has 2 aromatic rings. The minimum absolute atomic E-state index is 0.156. The minimum Gasteiger partial charge on any atom is -0.383 e. The maximum absolute atomic E-state index is 12.4. The van der Waals surface area contributed by atoms with Gasteiger partial charge in [0.25, 0.3) is 11.6 Å². The van der Waals surface area contributed by atoms with Gasteiger partial charge in [-0.3, -0.25) is 20.2 Å². The van der Waals surface area contributed by atoms with Crippen molar-refractivity contribution in [3.63, 3.8) is 0 Å². The van der Waals surface area contributed by atoms with E-state index in [0.717, 1.165) is 0 Å². The Morgan fingerprint density at radius 1 is 1.43 bits per heavy atom. The molecule has 0 unspecified atom stereocenters. The molecule has 0 fully saturated rings. The molecule has 0 radical (unpaired) electrons. The van der Waals surface area contributed by atoms with Crippen molar-refractivity contribution in [2.75, 3.05) is 30.9 Å². The van der Waals surface area contributed by atoms with Crippen molar-refractivity contribution in [1.82, 2.24) is 10.2 Å². The lowest BCUT2D eigenvalue weighted by atomic mass is 10.1. The normalized spacial score (nSPS) is 10.3. The number of methoxy groups -OCH3 is 1. The van der Waals surface area contributed by atoms with E-state index in [9.17, 15) is 14.9 Å². The largest absolute Gasteiger partial charge is 0.383 e. The highest BCUT2D eigenvalue weighted by atomic mass is 32.1. The van der Waals surface area contributed by atoms with Crippen molar-refractivity contribution in [2.45, 2.75) is 6.92 Å². The molecule has 0 aliphatic carbocycles. The number of aryl methyl sites for hydroxylation is 1. The summed E-state index contributed by atoms with van der Waals surface area (Å²) < 4.78 is 4.94. The molecule has 0 aliphatic rings. The fourth-order valence-corrected chi connectivity index (χ4v) is 2.37. The van der Waals surface area contributed by atoms with Gasteiger partial charge in [-0.15, -0.1) is 10.2 Å². The van der Waals surface area contributed by atoms with Gasteiger partial charge in [-0.1, -0.05) is 11.3 Å². The number of rotatable bonds is 7. The molecule has 0 saturated carbocycles. The van der Waals surface area contributed by atoms with Gasteiger partial charge in [0, 0.05) is 31.5 Å². The van der Waals surface area contributed by atoms with Crippen LogP contribution >= 0.6 is 11.3 Å². The van der Waals surface area contributed by atoms with Gasteiger partial charge >= 0.3 is 0 Å². The van der Waals surface area contributed by atoms with Gasteiger partial charge in [0.1, 0.15) is 5.01 Å². The average Bonchev–Trinajstić information content (AvgIpc) is 2.92. The number of anilines is 2. The third-order valence-corrected chi connectivity index (χ3v) is 3.58. The molecule has 2 rings (SSSR count). The van der Waals surface area contributed by atoms with E-state index in [1.54, 1.807) is 14.0 Å². The molecular formula is C13H15N5O4S. The third kappa shape index (κ3) is 4.44. The first-order valence-electron chi connectivity index (χ1n) is 6.64. The van der Waals surface area contributed by atoms with Crippen molar-refractivity contribution in [3.8, 4) is 0 Å². The van der Waals surface area contributed by atoms with E-state index in [0.29, 0.717) is 29.0 Å². The quantitative estimate of drug-likeness (QED) is 0.451. The fraction of sp³-hybridized carbons (Fsp3) is 0.308. The van der Waals surface area contributed by atoms with Crippen molar-refractivity contribution >= 4 is 33.8 Å². The standard InChI is InChI=1S/C13H15N5O4S/c1-8-16-17-13(23-8)15-12(19)10-7-9(18(20)21)3-4-11(10)14-5-6-22-2/h3-4,7,14H,5-6H2,1-2H3,(H,15,17,19). The lowest BCUT2D eigenvalue weighted by Crippen LogP contribution is -2.16. The van der Waals surface area contributed by atoms with Gasteiger partial charge in [-0.2, -0.15) is 0 Å². The van der Waals surface area contributed by atoms with Crippen LogP contribution in [0.25, 0.3) is 0 Å². The van der Waals surface area contributed by atoms with E-state index in [1.807, 2.05) is 0 Å². The van der Waals surface area contributed by atoms with E-state index >= 15 is 0 Å². The predicted molar refractivity (Wildman–Crippen MR) is 86.1 cm³/mol. The summed E-state index contributed by atoms with van der Waals surface area (Å²) in [5.41, 5.74) is 0.468. The number of carbonyl (C=O) groups is 1. The molecule has 0 spiro atoms. The summed E-state index contributed by atoms with van der Waals surface area (Å²) in [6.07, 6.45) is 0. The zero-order chi connectivity index (χ0) is 16.8. The number of hydrogen-bond acceptors (Lipinski definition) is 8. The fourth-order valence-electron chi connectivity index (χ4n) is 1.79. The Balaban J connectivity index is 2.25. The van der Waals surface area contributed by atoms with Crippen molar-refractivity contribution in [3.05, 3.63) is 38.9 Å². The Morgan fingerprint density at radius 2 is 2.22 bits per heavy atom. The maximum Gasteiger partial charge on any atom is 0.270 e. The van der Waals surface area contributed by atoms with Crippen molar-refractivity contribution < 1.29 is 14.5 Å². The lowest BCUT2D eigenvalue weighted by molar-refractivity contribution is -0.384. The monoisotopic (exact) mass is 337 g/mol. The summed E-state index contributed by atoms with van der Waals surface area (Å²) in [6.45, 7) is 2.67. The Bertz CT molecular complexity index is 718. The first kappa shape index (κ1) is 16.8. The zero-order valence-electron chi connectivity index (χ0n) is 12.5. The molecule has 0 bridgehead atoms.